The molecule has 5 nitrogen and oxygen atoms in total. The van der Waals surface area contributed by atoms with E-state index in [2.05, 4.69) is 9.97 Å². The zero-order chi connectivity index (χ0) is 15.8. The van der Waals surface area contributed by atoms with Crippen molar-refractivity contribution in [1.29, 1.82) is 0 Å². The number of rotatable bonds is 3. The number of imidazole rings is 1. The molecule has 1 aliphatic rings. The van der Waals surface area contributed by atoms with Gasteiger partial charge in [-0.1, -0.05) is 30.3 Å². The lowest BCUT2D eigenvalue weighted by molar-refractivity contribution is 0.103. The van der Waals surface area contributed by atoms with Gasteiger partial charge in [-0.15, -0.1) is 0 Å². The van der Waals surface area contributed by atoms with E-state index in [1.165, 1.54) is 0 Å². The predicted octanol–water partition coefficient (Wildman–Crippen LogP) is 2.85. The molecule has 0 saturated heterocycles. The largest absolute Gasteiger partial charge is 0.481 e. The molecule has 0 spiro atoms. The van der Waals surface area contributed by atoms with Crippen molar-refractivity contribution >= 4 is 11.6 Å². The van der Waals surface area contributed by atoms with Gasteiger partial charge in [-0.05, 0) is 25.7 Å². The Labute approximate surface area is 134 Å². The fourth-order valence-electron chi connectivity index (χ4n) is 3.21. The highest BCUT2D eigenvalue weighted by molar-refractivity contribution is 6.07. The SMILES string of the molecule is COc1nc2nc(C(=O)c3ccccc3)cn2c2c1CCCC2. The molecule has 0 unspecified atom stereocenters. The molecule has 2 aromatic heterocycles. The first-order chi connectivity index (χ1) is 11.3. The van der Waals surface area contributed by atoms with Crippen molar-refractivity contribution < 1.29 is 9.53 Å². The van der Waals surface area contributed by atoms with E-state index in [0.29, 0.717) is 22.9 Å². The lowest BCUT2D eigenvalue weighted by atomic mass is 9.97. The number of ether oxygens (including phenoxy) is 1. The Morgan fingerprint density at radius 2 is 1.91 bits per heavy atom. The van der Waals surface area contributed by atoms with E-state index in [4.69, 9.17) is 4.74 Å². The Bertz CT molecular complexity index is 884. The summed E-state index contributed by atoms with van der Waals surface area (Å²) in [7, 11) is 1.63. The average molecular weight is 307 g/mol. The second kappa shape index (κ2) is 5.50. The van der Waals surface area contributed by atoms with Crippen LogP contribution in [0, 0.1) is 0 Å². The number of hydrogen-bond donors (Lipinski definition) is 0. The fraction of sp³-hybridized carbons (Fsp3) is 0.278. The number of benzene rings is 1. The summed E-state index contributed by atoms with van der Waals surface area (Å²) < 4.78 is 7.38. The van der Waals surface area contributed by atoms with Crippen LogP contribution in [0.15, 0.2) is 36.5 Å². The summed E-state index contributed by atoms with van der Waals surface area (Å²) in [5.41, 5.74) is 3.36. The second-order valence-electron chi connectivity index (χ2n) is 5.74. The van der Waals surface area contributed by atoms with Crippen LogP contribution in [0.3, 0.4) is 0 Å². The Morgan fingerprint density at radius 1 is 1.13 bits per heavy atom. The number of methoxy groups -OCH3 is 1. The fourth-order valence-corrected chi connectivity index (χ4v) is 3.21. The molecule has 1 aliphatic carbocycles. The maximum absolute atomic E-state index is 12.6. The Hall–Kier alpha value is -2.69. The normalized spacial score (nSPS) is 13.8. The number of carbonyl (C=O) groups excluding carboxylic acids is 1. The van der Waals surface area contributed by atoms with Gasteiger partial charge in [-0.25, -0.2) is 4.98 Å². The van der Waals surface area contributed by atoms with Gasteiger partial charge in [0, 0.05) is 23.0 Å². The van der Waals surface area contributed by atoms with Crippen LogP contribution in [0.4, 0.5) is 0 Å². The minimum Gasteiger partial charge on any atom is -0.481 e. The molecule has 0 atom stereocenters. The van der Waals surface area contributed by atoms with Gasteiger partial charge in [-0.2, -0.15) is 4.98 Å². The molecule has 116 valence electrons. The van der Waals surface area contributed by atoms with Gasteiger partial charge in [-0.3, -0.25) is 9.20 Å². The van der Waals surface area contributed by atoms with Crippen LogP contribution in [0.1, 0.15) is 40.2 Å². The Balaban J connectivity index is 1.86. The van der Waals surface area contributed by atoms with E-state index >= 15 is 0 Å². The molecule has 2 heterocycles. The van der Waals surface area contributed by atoms with Gasteiger partial charge in [0.05, 0.1) is 7.11 Å². The second-order valence-corrected chi connectivity index (χ2v) is 5.74. The van der Waals surface area contributed by atoms with Crippen molar-refractivity contribution in [2.24, 2.45) is 0 Å². The molecule has 0 fully saturated rings. The van der Waals surface area contributed by atoms with E-state index in [0.717, 1.165) is 36.9 Å². The molecule has 5 heteroatoms. The highest BCUT2D eigenvalue weighted by atomic mass is 16.5. The quantitative estimate of drug-likeness (QED) is 0.698. The number of fused-ring (bicyclic) bond motifs is 3. The molecule has 0 radical (unpaired) electrons. The number of hydrogen-bond acceptors (Lipinski definition) is 4. The van der Waals surface area contributed by atoms with Crippen LogP contribution in [-0.4, -0.2) is 27.3 Å². The van der Waals surface area contributed by atoms with Crippen LogP contribution in [0.2, 0.25) is 0 Å². The number of carbonyl (C=O) groups is 1. The Morgan fingerprint density at radius 3 is 2.70 bits per heavy atom. The van der Waals surface area contributed by atoms with Crippen LogP contribution < -0.4 is 4.74 Å². The predicted molar refractivity (Wildman–Crippen MR) is 86.1 cm³/mol. The van der Waals surface area contributed by atoms with E-state index < -0.39 is 0 Å². The summed E-state index contributed by atoms with van der Waals surface area (Å²) >= 11 is 0. The number of ketones is 1. The molecule has 1 aromatic carbocycles. The van der Waals surface area contributed by atoms with Gasteiger partial charge in [0.25, 0.3) is 0 Å². The van der Waals surface area contributed by atoms with Gasteiger partial charge >= 0.3 is 0 Å². The van der Waals surface area contributed by atoms with Crippen LogP contribution >= 0.6 is 0 Å². The summed E-state index contributed by atoms with van der Waals surface area (Å²) in [5, 5.41) is 0. The molecule has 0 amide bonds. The maximum Gasteiger partial charge on any atom is 0.238 e. The van der Waals surface area contributed by atoms with E-state index in [1.54, 1.807) is 25.4 Å². The van der Waals surface area contributed by atoms with E-state index in [1.807, 2.05) is 22.6 Å². The molecule has 23 heavy (non-hydrogen) atoms. The zero-order valence-electron chi connectivity index (χ0n) is 13.0. The van der Waals surface area contributed by atoms with Gasteiger partial charge in [0.15, 0.2) is 0 Å². The number of aromatic nitrogens is 3. The van der Waals surface area contributed by atoms with Crippen molar-refractivity contribution in [1.82, 2.24) is 14.4 Å². The lowest BCUT2D eigenvalue weighted by Gasteiger charge is -2.18. The van der Waals surface area contributed by atoms with Crippen molar-refractivity contribution in [3.05, 3.63) is 59.0 Å². The third kappa shape index (κ3) is 2.29. The molecule has 0 N–H and O–H groups in total. The van der Waals surface area contributed by atoms with Gasteiger partial charge in [0.1, 0.15) is 5.69 Å². The molecule has 3 aromatic rings. The first-order valence-corrected chi connectivity index (χ1v) is 7.82. The first kappa shape index (κ1) is 13.9. The monoisotopic (exact) mass is 307 g/mol. The molecule has 0 bridgehead atoms. The topological polar surface area (TPSA) is 56.5 Å². The highest BCUT2D eigenvalue weighted by Crippen LogP contribution is 2.29. The summed E-state index contributed by atoms with van der Waals surface area (Å²) in [6.07, 6.45) is 6.00. The third-order valence-corrected chi connectivity index (χ3v) is 4.34. The van der Waals surface area contributed by atoms with Crippen molar-refractivity contribution in [2.75, 3.05) is 7.11 Å². The Kier molecular flexibility index (Phi) is 3.33. The average Bonchev–Trinajstić information content (AvgIpc) is 3.05. The number of aryl methyl sites for hydroxylation is 1. The highest BCUT2D eigenvalue weighted by Gasteiger charge is 2.22. The van der Waals surface area contributed by atoms with Crippen molar-refractivity contribution in [2.45, 2.75) is 25.7 Å². The summed E-state index contributed by atoms with van der Waals surface area (Å²) in [6, 6.07) is 9.20. The first-order valence-electron chi connectivity index (χ1n) is 7.82. The standard InChI is InChI=1S/C18H17N3O2/c1-23-17-13-9-5-6-10-15(13)21-11-14(19-18(21)20-17)16(22)12-7-3-2-4-8-12/h2-4,7-8,11H,5-6,9-10H2,1H3. The summed E-state index contributed by atoms with van der Waals surface area (Å²) in [5.74, 6) is 1.08. The minimum atomic E-state index is -0.0837. The summed E-state index contributed by atoms with van der Waals surface area (Å²) in [6.45, 7) is 0. The van der Waals surface area contributed by atoms with Gasteiger partial charge in [0.2, 0.25) is 17.4 Å². The van der Waals surface area contributed by atoms with Crippen LogP contribution in [-0.2, 0) is 12.8 Å². The van der Waals surface area contributed by atoms with Crippen molar-refractivity contribution in [3.8, 4) is 5.88 Å². The molecular formula is C18H17N3O2. The van der Waals surface area contributed by atoms with Crippen LogP contribution in [0.25, 0.3) is 5.78 Å². The summed E-state index contributed by atoms with van der Waals surface area (Å²) in [4.78, 5) is 21.5. The van der Waals surface area contributed by atoms with E-state index in [9.17, 15) is 4.79 Å². The third-order valence-electron chi connectivity index (χ3n) is 4.34. The zero-order valence-corrected chi connectivity index (χ0v) is 13.0. The van der Waals surface area contributed by atoms with Crippen LogP contribution in [0.5, 0.6) is 5.88 Å². The minimum absolute atomic E-state index is 0.0837. The molecule has 0 aliphatic heterocycles. The van der Waals surface area contributed by atoms with Crippen molar-refractivity contribution in [3.63, 3.8) is 0 Å². The number of nitrogens with zero attached hydrogens (tertiary/aromatic N) is 3. The van der Waals surface area contributed by atoms with Gasteiger partial charge < -0.3 is 4.74 Å². The maximum atomic E-state index is 12.6. The smallest absolute Gasteiger partial charge is 0.238 e. The lowest BCUT2D eigenvalue weighted by Crippen LogP contribution is -2.11. The molecule has 4 rings (SSSR count). The molecule has 0 saturated carbocycles. The molecular weight excluding hydrogens is 290 g/mol. The van der Waals surface area contributed by atoms with E-state index in [-0.39, 0.29) is 5.78 Å².